The predicted molar refractivity (Wildman–Crippen MR) is 144 cm³/mol. The van der Waals surface area contributed by atoms with Crippen molar-refractivity contribution in [1.29, 1.82) is 0 Å². The van der Waals surface area contributed by atoms with Gasteiger partial charge in [-0.3, -0.25) is 9.69 Å². The lowest BCUT2D eigenvalue weighted by molar-refractivity contribution is -0.119. The summed E-state index contributed by atoms with van der Waals surface area (Å²) in [6.45, 7) is 4.86. The van der Waals surface area contributed by atoms with E-state index < -0.39 is 11.6 Å². The third-order valence-corrected chi connectivity index (χ3v) is 7.16. The third kappa shape index (κ3) is 4.85. The number of ether oxygens (including phenoxy) is 1. The van der Waals surface area contributed by atoms with Crippen LogP contribution >= 0.6 is 0 Å². The van der Waals surface area contributed by atoms with Crippen LogP contribution in [-0.4, -0.2) is 58.7 Å². The number of piperidine rings is 1. The molecule has 3 aromatic heterocycles. The number of morpholine rings is 1. The van der Waals surface area contributed by atoms with Crippen molar-refractivity contribution < 1.29 is 18.3 Å². The first-order chi connectivity index (χ1) is 19.0. The molecule has 11 heteroatoms. The summed E-state index contributed by atoms with van der Waals surface area (Å²) in [5.74, 6) is -0.410. The van der Waals surface area contributed by atoms with Crippen molar-refractivity contribution in [3.63, 3.8) is 0 Å². The molecule has 0 saturated carbocycles. The number of benzene rings is 1. The van der Waals surface area contributed by atoms with Crippen molar-refractivity contribution >= 4 is 39.8 Å². The molecule has 9 nitrogen and oxygen atoms in total. The van der Waals surface area contributed by atoms with E-state index in [2.05, 4.69) is 30.2 Å². The van der Waals surface area contributed by atoms with E-state index in [9.17, 15) is 9.18 Å². The standard InChI is InChI=1S/C28H27F2N7O2/c1-17-27(26-21(30)10-19(29)11-23(26)35-28(17)37-5-3-2-4-25(37)38)34-22-12-24(36-6-8-39-9-7-36)33-15-20(22)18-13-31-16-32-14-18/h10-16H,2-9H2,1H3,(H,33,34,35). The molecule has 2 aliphatic heterocycles. The van der Waals surface area contributed by atoms with Crippen molar-refractivity contribution in [1.82, 2.24) is 19.9 Å². The van der Waals surface area contributed by atoms with Crippen LogP contribution < -0.4 is 15.1 Å². The summed E-state index contributed by atoms with van der Waals surface area (Å²) in [6, 6.07) is 3.93. The number of anilines is 4. The number of hydrogen-bond acceptors (Lipinski definition) is 8. The van der Waals surface area contributed by atoms with E-state index in [-0.39, 0.29) is 16.8 Å². The molecule has 1 aromatic carbocycles. The summed E-state index contributed by atoms with van der Waals surface area (Å²) >= 11 is 0. The van der Waals surface area contributed by atoms with Crippen molar-refractivity contribution in [2.45, 2.75) is 26.2 Å². The Morgan fingerprint density at radius 3 is 2.56 bits per heavy atom. The third-order valence-electron chi connectivity index (χ3n) is 7.16. The van der Waals surface area contributed by atoms with Gasteiger partial charge in [0.05, 0.1) is 35.5 Å². The smallest absolute Gasteiger partial charge is 0.228 e. The molecular weight excluding hydrogens is 504 g/mol. The fourth-order valence-electron chi connectivity index (χ4n) is 5.16. The van der Waals surface area contributed by atoms with E-state index in [4.69, 9.17) is 4.74 Å². The molecule has 1 amide bonds. The van der Waals surface area contributed by atoms with Gasteiger partial charge in [-0.25, -0.2) is 28.7 Å². The highest BCUT2D eigenvalue weighted by atomic mass is 19.1. The second kappa shape index (κ2) is 10.5. The summed E-state index contributed by atoms with van der Waals surface area (Å²) in [6.07, 6.45) is 8.57. The lowest BCUT2D eigenvalue weighted by Crippen LogP contribution is -2.36. The zero-order valence-corrected chi connectivity index (χ0v) is 21.5. The van der Waals surface area contributed by atoms with Crippen LogP contribution in [0.5, 0.6) is 0 Å². The van der Waals surface area contributed by atoms with E-state index >= 15 is 4.39 Å². The molecule has 0 unspecified atom stereocenters. The molecule has 200 valence electrons. The Morgan fingerprint density at radius 2 is 1.79 bits per heavy atom. The maximum atomic E-state index is 15.4. The van der Waals surface area contributed by atoms with E-state index in [0.29, 0.717) is 67.6 Å². The van der Waals surface area contributed by atoms with Gasteiger partial charge in [-0.1, -0.05) is 0 Å². The summed E-state index contributed by atoms with van der Waals surface area (Å²) in [7, 11) is 0. The number of hydrogen-bond donors (Lipinski definition) is 1. The van der Waals surface area contributed by atoms with Crippen LogP contribution in [0.15, 0.2) is 43.1 Å². The number of halogens is 2. The fourth-order valence-corrected chi connectivity index (χ4v) is 5.16. The van der Waals surface area contributed by atoms with E-state index in [1.165, 1.54) is 12.4 Å². The number of amides is 1. The highest BCUT2D eigenvalue weighted by molar-refractivity contribution is 6.02. The van der Waals surface area contributed by atoms with Crippen LogP contribution in [0.1, 0.15) is 24.8 Å². The lowest BCUT2D eigenvalue weighted by atomic mass is 10.0. The first kappa shape index (κ1) is 25.1. The number of fused-ring (bicyclic) bond motifs is 1. The van der Waals surface area contributed by atoms with E-state index in [0.717, 1.165) is 30.3 Å². The van der Waals surface area contributed by atoms with Crippen LogP contribution in [0.3, 0.4) is 0 Å². The number of nitrogens with one attached hydrogen (secondary N) is 1. The Kier molecular flexibility index (Phi) is 6.74. The Morgan fingerprint density at radius 1 is 1.00 bits per heavy atom. The molecule has 0 aliphatic carbocycles. The first-order valence-corrected chi connectivity index (χ1v) is 12.9. The van der Waals surface area contributed by atoms with Gasteiger partial charge in [-0.05, 0) is 19.8 Å². The van der Waals surface area contributed by atoms with Crippen LogP contribution in [0.25, 0.3) is 22.0 Å². The predicted octanol–water partition coefficient (Wildman–Crippen LogP) is 4.77. The molecule has 0 radical (unpaired) electrons. The molecule has 6 rings (SSSR count). The van der Waals surface area contributed by atoms with Crippen LogP contribution in [0.2, 0.25) is 0 Å². The molecule has 0 spiro atoms. The minimum atomic E-state index is -0.744. The summed E-state index contributed by atoms with van der Waals surface area (Å²) < 4.78 is 35.2. The fraction of sp³-hybridized carbons (Fsp3) is 0.321. The van der Waals surface area contributed by atoms with Gasteiger partial charge < -0.3 is 15.0 Å². The number of nitrogens with zero attached hydrogens (tertiary/aromatic N) is 6. The van der Waals surface area contributed by atoms with Crippen LogP contribution in [0, 0.1) is 18.6 Å². The molecule has 5 heterocycles. The number of aromatic nitrogens is 4. The van der Waals surface area contributed by atoms with Gasteiger partial charge in [0.15, 0.2) is 0 Å². The Bertz CT molecular complexity index is 1540. The summed E-state index contributed by atoms with van der Waals surface area (Å²) in [5, 5.41) is 3.56. The Labute approximate surface area is 223 Å². The van der Waals surface area contributed by atoms with Gasteiger partial charge in [0.1, 0.15) is 29.6 Å². The van der Waals surface area contributed by atoms with Crippen molar-refractivity contribution in [3.8, 4) is 11.1 Å². The molecule has 39 heavy (non-hydrogen) atoms. The van der Waals surface area contributed by atoms with Gasteiger partial charge in [0, 0.05) is 79.5 Å². The number of carbonyl (C=O) groups is 1. The molecule has 2 aliphatic rings. The van der Waals surface area contributed by atoms with Crippen LogP contribution in [0.4, 0.5) is 31.8 Å². The molecule has 0 bridgehead atoms. The minimum Gasteiger partial charge on any atom is -0.378 e. The summed E-state index contributed by atoms with van der Waals surface area (Å²) in [5.41, 5.74) is 3.18. The van der Waals surface area contributed by atoms with Gasteiger partial charge in [0.2, 0.25) is 5.91 Å². The molecule has 1 N–H and O–H groups in total. The molecular formula is C28H27F2N7O2. The van der Waals surface area contributed by atoms with Gasteiger partial charge >= 0.3 is 0 Å². The highest BCUT2D eigenvalue weighted by Gasteiger charge is 2.27. The second-order valence-corrected chi connectivity index (χ2v) is 9.66. The Balaban J connectivity index is 1.54. The zero-order valence-electron chi connectivity index (χ0n) is 21.5. The molecule has 0 atom stereocenters. The quantitative estimate of drug-likeness (QED) is 0.394. The topological polar surface area (TPSA) is 96.4 Å². The van der Waals surface area contributed by atoms with E-state index in [1.54, 1.807) is 30.4 Å². The monoisotopic (exact) mass is 531 g/mol. The maximum Gasteiger partial charge on any atom is 0.228 e. The average Bonchev–Trinajstić information content (AvgIpc) is 2.95. The zero-order chi connectivity index (χ0) is 26.9. The van der Waals surface area contributed by atoms with Crippen LogP contribution in [-0.2, 0) is 9.53 Å². The highest BCUT2D eigenvalue weighted by Crippen LogP contribution is 2.40. The minimum absolute atomic E-state index is 0.0559. The number of pyridine rings is 2. The van der Waals surface area contributed by atoms with Crippen molar-refractivity contribution in [3.05, 3.63) is 60.3 Å². The maximum absolute atomic E-state index is 15.4. The number of carbonyl (C=O) groups excluding carboxylic acids is 1. The van der Waals surface area contributed by atoms with Gasteiger partial charge in [-0.2, -0.15) is 0 Å². The Hall–Kier alpha value is -4.25. The van der Waals surface area contributed by atoms with Gasteiger partial charge in [0.25, 0.3) is 0 Å². The second-order valence-electron chi connectivity index (χ2n) is 9.66. The average molecular weight is 532 g/mol. The van der Waals surface area contributed by atoms with Gasteiger partial charge in [-0.15, -0.1) is 0 Å². The lowest BCUT2D eigenvalue weighted by Gasteiger charge is -2.30. The van der Waals surface area contributed by atoms with Crippen molar-refractivity contribution in [2.75, 3.05) is 48.0 Å². The molecule has 4 aromatic rings. The molecule has 2 saturated heterocycles. The number of rotatable bonds is 5. The largest absolute Gasteiger partial charge is 0.378 e. The summed E-state index contributed by atoms with van der Waals surface area (Å²) in [4.78, 5) is 34.1. The molecule has 2 fully saturated rings. The van der Waals surface area contributed by atoms with Crippen molar-refractivity contribution in [2.24, 2.45) is 0 Å². The van der Waals surface area contributed by atoms with E-state index in [1.807, 2.05) is 6.07 Å². The SMILES string of the molecule is Cc1c(N2CCCCC2=O)nc2cc(F)cc(F)c2c1Nc1cc(N2CCOCC2)ncc1-c1cncnc1. The normalized spacial score (nSPS) is 16.1. The first-order valence-electron chi connectivity index (χ1n) is 12.9.